The first-order valence-electron chi connectivity index (χ1n) is 7.85. The fourth-order valence-electron chi connectivity index (χ4n) is 2.59. The van der Waals surface area contributed by atoms with E-state index in [1.54, 1.807) is 12.0 Å². The van der Waals surface area contributed by atoms with Gasteiger partial charge >= 0.3 is 0 Å². The number of fused-ring (bicyclic) bond motifs is 2. The summed E-state index contributed by atoms with van der Waals surface area (Å²) in [6.45, 7) is 1.37. The second kappa shape index (κ2) is 7.78. The molecule has 0 radical (unpaired) electrons. The number of ether oxygens (including phenoxy) is 2. The van der Waals surface area contributed by atoms with Gasteiger partial charge in [0.15, 0.2) is 0 Å². The van der Waals surface area contributed by atoms with Gasteiger partial charge in [0.1, 0.15) is 6.61 Å². The second-order valence-corrected chi connectivity index (χ2v) is 5.45. The van der Waals surface area contributed by atoms with Crippen molar-refractivity contribution >= 4 is 11.6 Å². The van der Waals surface area contributed by atoms with Crippen LogP contribution >= 0.6 is 0 Å². The third kappa shape index (κ3) is 3.65. The van der Waals surface area contributed by atoms with Gasteiger partial charge < -0.3 is 14.4 Å². The maximum Gasteiger partial charge on any atom is 0.253 e. The monoisotopic (exact) mass is 321 g/mol. The van der Waals surface area contributed by atoms with Gasteiger partial charge in [0.05, 0.1) is 25.4 Å². The number of para-hydroxylation sites is 1. The molecule has 2 aromatic rings. The number of hydrogen-bond acceptors (Lipinski definition) is 3. The standard InChI is InChI=1S/C20H19NO3/c1-23-12-13-24-15-20(22)21-14-18-8-3-2-6-16(18)10-11-17-7-4-5-9-19(17)21/h2-9H,12-15H2,1H3. The van der Waals surface area contributed by atoms with Crippen LogP contribution < -0.4 is 4.90 Å². The zero-order valence-corrected chi connectivity index (χ0v) is 13.6. The van der Waals surface area contributed by atoms with E-state index < -0.39 is 0 Å². The Morgan fingerprint density at radius 2 is 1.75 bits per heavy atom. The Balaban J connectivity index is 1.91. The number of carbonyl (C=O) groups is 1. The van der Waals surface area contributed by atoms with Crippen molar-refractivity contribution in [1.29, 1.82) is 0 Å². The lowest BCUT2D eigenvalue weighted by atomic mass is 10.0. The molecular formula is C20H19NO3. The van der Waals surface area contributed by atoms with E-state index in [0.29, 0.717) is 19.8 Å². The molecule has 122 valence electrons. The molecular weight excluding hydrogens is 302 g/mol. The van der Waals surface area contributed by atoms with Crippen LogP contribution in [0.4, 0.5) is 5.69 Å². The Kier molecular flexibility index (Phi) is 5.27. The van der Waals surface area contributed by atoms with E-state index in [1.807, 2.05) is 48.5 Å². The van der Waals surface area contributed by atoms with E-state index in [9.17, 15) is 4.79 Å². The van der Waals surface area contributed by atoms with Gasteiger partial charge in [-0.3, -0.25) is 4.79 Å². The average molecular weight is 321 g/mol. The molecule has 1 amide bonds. The number of nitrogens with zero attached hydrogens (tertiary/aromatic N) is 1. The number of carbonyl (C=O) groups excluding carboxylic acids is 1. The molecule has 0 saturated carbocycles. The van der Waals surface area contributed by atoms with Crippen molar-refractivity contribution in [3.05, 3.63) is 65.2 Å². The number of amides is 1. The Bertz CT molecular complexity index is 789. The summed E-state index contributed by atoms with van der Waals surface area (Å²) in [6.07, 6.45) is 0. The smallest absolute Gasteiger partial charge is 0.253 e. The molecule has 0 fully saturated rings. The molecule has 0 unspecified atom stereocenters. The summed E-state index contributed by atoms with van der Waals surface area (Å²) in [6, 6.07) is 15.6. The summed E-state index contributed by atoms with van der Waals surface area (Å²) in [5, 5.41) is 0. The van der Waals surface area contributed by atoms with Crippen molar-refractivity contribution in [2.45, 2.75) is 6.54 Å². The molecule has 3 rings (SSSR count). The highest BCUT2D eigenvalue weighted by atomic mass is 16.5. The summed E-state index contributed by atoms with van der Waals surface area (Å²) >= 11 is 0. The van der Waals surface area contributed by atoms with Gasteiger partial charge in [-0.15, -0.1) is 0 Å². The Morgan fingerprint density at radius 3 is 2.58 bits per heavy atom. The van der Waals surface area contributed by atoms with E-state index in [1.165, 1.54) is 0 Å². The molecule has 24 heavy (non-hydrogen) atoms. The molecule has 0 spiro atoms. The highest BCUT2D eigenvalue weighted by Gasteiger charge is 2.20. The van der Waals surface area contributed by atoms with Gasteiger partial charge in [-0.2, -0.15) is 0 Å². The minimum Gasteiger partial charge on any atom is -0.382 e. The van der Waals surface area contributed by atoms with Crippen LogP contribution in [0.5, 0.6) is 0 Å². The van der Waals surface area contributed by atoms with Crippen LogP contribution in [0.3, 0.4) is 0 Å². The quantitative estimate of drug-likeness (QED) is 0.628. The highest BCUT2D eigenvalue weighted by molar-refractivity contribution is 5.96. The molecule has 0 aromatic heterocycles. The van der Waals surface area contributed by atoms with Crippen molar-refractivity contribution in [2.24, 2.45) is 0 Å². The van der Waals surface area contributed by atoms with Crippen LogP contribution in [0.1, 0.15) is 16.7 Å². The molecule has 1 heterocycles. The van der Waals surface area contributed by atoms with Gasteiger partial charge in [-0.25, -0.2) is 0 Å². The number of anilines is 1. The van der Waals surface area contributed by atoms with Crippen LogP contribution in [0.25, 0.3) is 0 Å². The Labute approximate surface area is 142 Å². The predicted molar refractivity (Wildman–Crippen MR) is 92.7 cm³/mol. The van der Waals surface area contributed by atoms with Crippen LogP contribution in [0.15, 0.2) is 48.5 Å². The van der Waals surface area contributed by atoms with Crippen LogP contribution in [-0.2, 0) is 20.8 Å². The first kappa shape index (κ1) is 16.3. The predicted octanol–water partition coefficient (Wildman–Crippen LogP) is 2.60. The van der Waals surface area contributed by atoms with Crippen molar-refractivity contribution in [3.63, 3.8) is 0 Å². The van der Waals surface area contributed by atoms with E-state index >= 15 is 0 Å². The second-order valence-electron chi connectivity index (χ2n) is 5.45. The third-order valence-corrected chi connectivity index (χ3v) is 3.83. The zero-order valence-electron chi connectivity index (χ0n) is 13.6. The van der Waals surface area contributed by atoms with Gasteiger partial charge in [-0.1, -0.05) is 42.2 Å². The molecule has 1 aliphatic heterocycles. The number of benzene rings is 2. The summed E-state index contributed by atoms with van der Waals surface area (Å²) in [4.78, 5) is 14.5. The summed E-state index contributed by atoms with van der Waals surface area (Å²) < 4.78 is 10.4. The van der Waals surface area contributed by atoms with Gasteiger partial charge in [0.2, 0.25) is 0 Å². The maximum atomic E-state index is 12.7. The fraction of sp³-hybridized carbons (Fsp3) is 0.250. The lowest BCUT2D eigenvalue weighted by Crippen LogP contribution is -2.35. The molecule has 0 saturated heterocycles. The minimum atomic E-state index is -0.0861. The molecule has 4 heteroatoms. The zero-order chi connectivity index (χ0) is 16.8. The first-order valence-corrected chi connectivity index (χ1v) is 7.85. The summed E-state index contributed by atoms with van der Waals surface area (Å²) in [5.41, 5.74) is 3.65. The molecule has 4 nitrogen and oxygen atoms in total. The molecule has 0 bridgehead atoms. The van der Waals surface area contributed by atoms with Crippen molar-refractivity contribution in [2.75, 3.05) is 31.8 Å². The topological polar surface area (TPSA) is 38.8 Å². The maximum absolute atomic E-state index is 12.7. The largest absolute Gasteiger partial charge is 0.382 e. The number of rotatable bonds is 5. The summed E-state index contributed by atoms with van der Waals surface area (Å²) in [7, 11) is 1.61. The van der Waals surface area contributed by atoms with E-state index in [-0.39, 0.29) is 12.5 Å². The lowest BCUT2D eigenvalue weighted by molar-refractivity contribution is -0.123. The number of hydrogen-bond donors (Lipinski definition) is 0. The van der Waals surface area contributed by atoms with Gasteiger partial charge in [-0.05, 0) is 23.8 Å². The van der Waals surface area contributed by atoms with E-state index in [4.69, 9.17) is 9.47 Å². The molecule has 0 atom stereocenters. The van der Waals surface area contributed by atoms with Gasteiger partial charge in [0.25, 0.3) is 5.91 Å². The van der Waals surface area contributed by atoms with Crippen LogP contribution in [0, 0.1) is 11.8 Å². The summed E-state index contributed by atoms with van der Waals surface area (Å²) in [5.74, 6) is 6.30. The van der Waals surface area contributed by atoms with Crippen LogP contribution in [0.2, 0.25) is 0 Å². The lowest BCUT2D eigenvalue weighted by Gasteiger charge is -2.25. The Morgan fingerprint density at radius 1 is 1.04 bits per heavy atom. The van der Waals surface area contributed by atoms with E-state index in [2.05, 4.69) is 11.8 Å². The van der Waals surface area contributed by atoms with E-state index in [0.717, 1.165) is 22.4 Å². The Hall–Kier alpha value is -2.61. The molecule has 0 aliphatic carbocycles. The first-order chi connectivity index (χ1) is 11.8. The minimum absolute atomic E-state index is 0.0211. The van der Waals surface area contributed by atoms with Gasteiger partial charge in [0, 0.05) is 18.2 Å². The normalized spacial score (nSPS) is 12.3. The molecule has 0 N–H and O–H groups in total. The highest BCUT2D eigenvalue weighted by Crippen LogP contribution is 2.25. The molecule has 2 aromatic carbocycles. The van der Waals surface area contributed by atoms with Crippen LogP contribution in [-0.4, -0.2) is 32.8 Å². The SMILES string of the molecule is COCCOCC(=O)N1Cc2ccccc2C#Cc2ccccc21. The van der Waals surface area contributed by atoms with Crippen molar-refractivity contribution < 1.29 is 14.3 Å². The van der Waals surface area contributed by atoms with Crippen molar-refractivity contribution in [3.8, 4) is 11.8 Å². The third-order valence-electron chi connectivity index (χ3n) is 3.83. The number of methoxy groups -OCH3 is 1. The molecule has 1 aliphatic rings. The average Bonchev–Trinajstić information content (AvgIpc) is 2.60. The fourth-order valence-corrected chi connectivity index (χ4v) is 2.59. The van der Waals surface area contributed by atoms with Crippen molar-refractivity contribution in [1.82, 2.24) is 0 Å².